The van der Waals surface area contributed by atoms with Gasteiger partial charge in [0.05, 0.1) is 17.8 Å². The SMILES string of the molecule is CC[C@](C)(COC)OC(COC(=O)c1ccccc1)n1ccc(=O)[nH]c1=O. The van der Waals surface area contributed by atoms with Crippen molar-refractivity contribution in [3.8, 4) is 0 Å². The maximum Gasteiger partial charge on any atom is 0.338 e. The molecule has 1 aromatic heterocycles. The van der Waals surface area contributed by atoms with E-state index in [4.69, 9.17) is 14.2 Å². The predicted molar refractivity (Wildman–Crippen MR) is 98.7 cm³/mol. The van der Waals surface area contributed by atoms with Crippen LogP contribution in [0.1, 0.15) is 36.9 Å². The third-order valence-corrected chi connectivity index (χ3v) is 4.15. The van der Waals surface area contributed by atoms with Gasteiger partial charge in [-0.1, -0.05) is 25.1 Å². The van der Waals surface area contributed by atoms with E-state index in [1.165, 1.54) is 16.8 Å². The van der Waals surface area contributed by atoms with Crippen molar-refractivity contribution in [2.45, 2.75) is 32.1 Å². The lowest BCUT2D eigenvalue weighted by Gasteiger charge is -2.33. The Bertz CT molecular complexity index is 860. The summed E-state index contributed by atoms with van der Waals surface area (Å²) in [6, 6.07) is 9.71. The molecule has 0 aliphatic carbocycles. The minimum atomic E-state index is -0.929. The number of methoxy groups -OCH3 is 1. The van der Waals surface area contributed by atoms with Crippen LogP contribution in [0.15, 0.2) is 52.2 Å². The number of nitrogens with one attached hydrogen (secondary N) is 1. The first-order chi connectivity index (χ1) is 12.9. The average Bonchev–Trinajstić information content (AvgIpc) is 2.66. The number of ether oxygens (including phenoxy) is 3. The van der Waals surface area contributed by atoms with Crippen molar-refractivity contribution in [2.24, 2.45) is 0 Å². The van der Waals surface area contributed by atoms with E-state index in [1.54, 1.807) is 37.4 Å². The van der Waals surface area contributed by atoms with Crippen LogP contribution in [0.4, 0.5) is 0 Å². The fraction of sp³-hybridized carbons (Fsp3) is 0.421. The summed E-state index contributed by atoms with van der Waals surface area (Å²) in [7, 11) is 1.55. The van der Waals surface area contributed by atoms with Gasteiger partial charge in [0, 0.05) is 19.4 Å². The van der Waals surface area contributed by atoms with Crippen molar-refractivity contribution in [3.05, 3.63) is 69.0 Å². The van der Waals surface area contributed by atoms with Gasteiger partial charge in [0.15, 0.2) is 6.23 Å². The number of aromatic amines is 1. The molecule has 2 aromatic rings. The summed E-state index contributed by atoms with van der Waals surface area (Å²) >= 11 is 0. The molecule has 0 aliphatic heterocycles. The van der Waals surface area contributed by atoms with Crippen molar-refractivity contribution in [1.29, 1.82) is 0 Å². The highest BCUT2D eigenvalue weighted by atomic mass is 16.6. The first-order valence-electron chi connectivity index (χ1n) is 8.59. The van der Waals surface area contributed by atoms with E-state index < -0.39 is 29.0 Å². The molecule has 0 saturated carbocycles. The molecule has 27 heavy (non-hydrogen) atoms. The van der Waals surface area contributed by atoms with Gasteiger partial charge in [-0.3, -0.25) is 14.3 Å². The van der Waals surface area contributed by atoms with E-state index in [2.05, 4.69) is 4.98 Å². The first-order valence-corrected chi connectivity index (χ1v) is 8.59. The van der Waals surface area contributed by atoms with Crippen molar-refractivity contribution in [3.63, 3.8) is 0 Å². The molecule has 8 nitrogen and oxygen atoms in total. The van der Waals surface area contributed by atoms with Crippen LogP contribution in [-0.2, 0) is 14.2 Å². The van der Waals surface area contributed by atoms with Crippen molar-refractivity contribution in [1.82, 2.24) is 9.55 Å². The normalized spacial score (nSPS) is 14.3. The Morgan fingerprint density at radius 2 is 1.93 bits per heavy atom. The van der Waals surface area contributed by atoms with Crippen LogP contribution in [0.5, 0.6) is 0 Å². The molecule has 0 fully saturated rings. The highest BCUT2D eigenvalue weighted by Crippen LogP contribution is 2.23. The number of benzene rings is 1. The fourth-order valence-electron chi connectivity index (χ4n) is 2.48. The van der Waals surface area contributed by atoms with Gasteiger partial charge in [-0.25, -0.2) is 9.59 Å². The number of carbonyl (C=O) groups is 1. The zero-order valence-electron chi connectivity index (χ0n) is 15.6. The second-order valence-corrected chi connectivity index (χ2v) is 6.29. The van der Waals surface area contributed by atoms with E-state index in [0.717, 1.165) is 0 Å². The third-order valence-electron chi connectivity index (χ3n) is 4.15. The molecule has 1 heterocycles. The summed E-state index contributed by atoms with van der Waals surface area (Å²) in [4.78, 5) is 37.9. The van der Waals surface area contributed by atoms with E-state index in [1.807, 2.05) is 13.8 Å². The molecule has 1 N–H and O–H groups in total. The third kappa shape index (κ3) is 5.63. The maximum absolute atomic E-state index is 12.2. The van der Waals surface area contributed by atoms with Crippen molar-refractivity contribution < 1.29 is 19.0 Å². The van der Waals surface area contributed by atoms with Crippen LogP contribution in [-0.4, -0.2) is 41.4 Å². The minimum Gasteiger partial charge on any atom is -0.457 e. The lowest BCUT2D eigenvalue weighted by molar-refractivity contribution is -0.160. The van der Waals surface area contributed by atoms with Gasteiger partial charge in [-0.05, 0) is 25.5 Å². The molecule has 0 aliphatic rings. The Labute approximate surface area is 156 Å². The predicted octanol–water partition coefficient (Wildman–Crippen LogP) is 1.72. The summed E-state index contributed by atoms with van der Waals surface area (Å²) in [6.07, 6.45) is 0.981. The number of hydrogen-bond acceptors (Lipinski definition) is 6. The lowest BCUT2D eigenvalue weighted by atomic mass is 10.1. The second kappa shape index (κ2) is 9.29. The summed E-state index contributed by atoms with van der Waals surface area (Å²) in [5.74, 6) is -0.536. The van der Waals surface area contributed by atoms with Gasteiger partial charge >= 0.3 is 11.7 Å². The van der Waals surface area contributed by atoms with E-state index in [9.17, 15) is 14.4 Å². The zero-order chi connectivity index (χ0) is 19.9. The van der Waals surface area contributed by atoms with Gasteiger partial charge in [0.2, 0.25) is 0 Å². The average molecular weight is 376 g/mol. The number of H-pyrrole nitrogens is 1. The molecule has 1 unspecified atom stereocenters. The van der Waals surface area contributed by atoms with Crippen LogP contribution < -0.4 is 11.2 Å². The minimum absolute atomic E-state index is 0.209. The first kappa shape index (κ1) is 20.6. The number of rotatable bonds is 9. The van der Waals surface area contributed by atoms with Crippen LogP contribution in [0.25, 0.3) is 0 Å². The Morgan fingerprint density at radius 1 is 1.22 bits per heavy atom. The molecule has 2 rings (SSSR count). The number of hydrogen-bond donors (Lipinski definition) is 1. The second-order valence-electron chi connectivity index (χ2n) is 6.29. The lowest BCUT2D eigenvalue weighted by Crippen LogP contribution is -2.42. The smallest absolute Gasteiger partial charge is 0.338 e. The summed E-state index contributed by atoms with van der Waals surface area (Å²) < 4.78 is 17.8. The van der Waals surface area contributed by atoms with Gasteiger partial charge in [-0.15, -0.1) is 0 Å². The zero-order valence-corrected chi connectivity index (χ0v) is 15.6. The molecule has 0 saturated heterocycles. The number of carbonyl (C=O) groups excluding carboxylic acids is 1. The molecule has 0 radical (unpaired) electrons. The van der Waals surface area contributed by atoms with Crippen LogP contribution in [0.3, 0.4) is 0 Å². The molecular weight excluding hydrogens is 352 g/mol. The van der Waals surface area contributed by atoms with E-state index in [-0.39, 0.29) is 13.2 Å². The molecule has 2 atom stereocenters. The topological polar surface area (TPSA) is 99.6 Å². The molecule has 8 heteroatoms. The summed E-state index contributed by atoms with van der Waals surface area (Å²) in [6.45, 7) is 3.82. The van der Waals surface area contributed by atoms with Crippen LogP contribution in [0.2, 0.25) is 0 Å². The molecule has 146 valence electrons. The van der Waals surface area contributed by atoms with Crippen LogP contribution >= 0.6 is 0 Å². The summed E-state index contributed by atoms with van der Waals surface area (Å²) in [5.41, 5.74) is -1.50. The maximum atomic E-state index is 12.2. The van der Waals surface area contributed by atoms with Gasteiger partial charge in [0.1, 0.15) is 6.61 Å². The number of nitrogens with zero attached hydrogens (tertiary/aromatic N) is 1. The van der Waals surface area contributed by atoms with Gasteiger partial charge in [0.25, 0.3) is 5.56 Å². The molecule has 0 spiro atoms. The van der Waals surface area contributed by atoms with E-state index in [0.29, 0.717) is 12.0 Å². The molecule has 0 amide bonds. The van der Waals surface area contributed by atoms with Crippen molar-refractivity contribution >= 4 is 5.97 Å². The quantitative estimate of drug-likeness (QED) is 0.669. The van der Waals surface area contributed by atoms with Crippen LogP contribution in [0, 0.1) is 0 Å². The standard InChI is InChI=1S/C19H24N2O6/c1-4-19(2,13-25-3)27-16(21-11-10-15(22)20-18(21)24)12-26-17(23)14-8-6-5-7-9-14/h5-11,16H,4,12-13H2,1-3H3,(H,20,22,24)/t16?,19-/m1/s1. The monoisotopic (exact) mass is 376 g/mol. The largest absolute Gasteiger partial charge is 0.457 e. The Balaban J connectivity index is 2.25. The van der Waals surface area contributed by atoms with E-state index >= 15 is 0 Å². The summed E-state index contributed by atoms with van der Waals surface area (Å²) in [5, 5.41) is 0. The number of aromatic nitrogens is 2. The fourth-order valence-corrected chi connectivity index (χ4v) is 2.48. The van der Waals surface area contributed by atoms with Gasteiger partial charge in [-0.2, -0.15) is 0 Å². The highest BCUT2D eigenvalue weighted by molar-refractivity contribution is 5.89. The Morgan fingerprint density at radius 3 is 2.52 bits per heavy atom. The highest BCUT2D eigenvalue weighted by Gasteiger charge is 2.29. The van der Waals surface area contributed by atoms with Crippen molar-refractivity contribution in [2.75, 3.05) is 20.3 Å². The molecule has 0 bridgehead atoms. The number of esters is 1. The molecule has 1 aromatic carbocycles. The Kier molecular flexibility index (Phi) is 7.09. The molecular formula is C19H24N2O6. The Hall–Kier alpha value is -2.71. The van der Waals surface area contributed by atoms with Gasteiger partial charge < -0.3 is 14.2 Å².